The van der Waals surface area contributed by atoms with Gasteiger partial charge in [-0.3, -0.25) is 0 Å². The van der Waals surface area contributed by atoms with Gasteiger partial charge in [-0.1, -0.05) is 13.3 Å². The summed E-state index contributed by atoms with van der Waals surface area (Å²) in [5.41, 5.74) is 0. The minimum atomic E-state index is -3.34. The molecule has 0 bridgehead atoms. The first kappa shape index (κ1) is 14.0. The van der Waals surface area contributed by atoms with Gasteiger partial charge in [0, 0.05) is 17.5 Å². The van der Waals surface area contributed by atoms with Gasteiger partial charge >= 0.3 is 0 Å². The molecule has 2 rings (SSSR count). The van der Waals surface area contributed by atoms with E-state index in [1.54, 1.807) is 6.07 Å². The highest BCUT2D eigenvalue weighted by atomic mass is 32.2. The Bertz CT molecular complexity index is 496. The van der Waals surface area contributed by atoms with Crippen molar-refractivity contribution >= 4 is 21.4 Å². The average molecular weight is 288 g/mol. The maximum absolute atomic E-state index is 12.3. The van der Waals surface area contributed by atoms with Gasteiger partial charge in [0.1, 0.15) is 0 Å². The lowest BCUT2D eigenvalue weighted by Gasteiger charge is -2.07. The Morgan fingerprint density at radius 3 is 2.94 bits per heavy atom. The second kappa shape index (κ2) is 5.69. The van der Waals surface area contributed by atoms with Gasteiger partial charge in [-0.15, -0.1) is 11.3 Å². The SMILES string of the molecule is CCCC1CC1NS(=O)(=O)c1ccsc1CNC. The zero-order chi connectivity index (χ0) is 13.2. The molecule has 1 saturated carbocycles. The van der Waals surface area contributed by atoms with E-state index in [0.29, 0.717) is 17.4 Å². The van der Waals surface area contributed by atoms with Gasteiger partial charge in [0.05, 0.1) is 4.90 Å². The molecule has 0 radical (unpaired) electrons. The molecule has 1 aromatic heterocycles. The molecular formula is C12H20N2O2S2. The number of thiophene rings is 1. The van der Waals surface area contributed by atoms with Gasteiger partial charge in [-0.05, 0) is 37.3 Å². The fourth-order valence-corrected chi connectivity index (χ4v) is 4.98. The standard InChI is InChI=1S/C12H20N2O2S2/c1-3-4-9-7-10(9)14-18(15,16)12-5-6-17-11(12)8-13-2/h5-6,9-10,13-14H,3-4,7-8H2,1-2H3. The monoisotopic (exact) mass is 288 g/mol. The van der Waals surface area contributed by atoms with Gasteiger partial charge < -0.3 is 5.32 Å². The van der Waals surface area contributed by atoms with Crippen molar-refractivity contribution in [3.63, 3.8) is 0 Å². The van der Waals surface area contributed by atoms with Crippen LogP contribution in [0.3, 0.4) is 0 Å². The van der Waals surface area contributed by atoms with Crippen LogP contribution in [0, 0.1) is 5.92 Å². The van der Waals surface area contributed by atoms with Crippen molar-refractivity contribution in [3.05, 3.63) is 16.3 Å². The molecule has 0 amide bonds. The molecule has 2 unspecified atom stereocenters. The molecule has 1 aliphatic rings. The zero-order valence-electron chi connectivity index (χ0n) is 10.8. The smallest absolute Gasteiger partial charge is 0.241 e. The van der Waals surface area contributed by atoms with Crippen LogP contribution < -0.4 is 10.0 Å². The molecule has 102 valence electrons. The molecule has 1 aromatic rings. The minimum Gasteiger partial charge on any atom is -0.315 e. The van der Waals surface area contributed by atoms with Gasteiger partial charge in [0.2, 0.25) is 10.0 Å². The van der Waals surface area contributed by atoms with Gasteiger partial charge in [0.15, 0.2) is 0 Å². The van der Waals surface area contributed by atoms with Crippen LogP contribution in [0.4, 0.5) is 0 Å². The summed E-state index contributed by atoms with van der Waals surface area (Å²) in [5, 5.41) is 4.83. The van der Waals surface area contributed by atoms with Crippen LogP contribution in [0.2, 0.25) is 0 Å². The van der Waals surface area contributed by atoms with Crippen LogP contribution in [0.25, 0.3) is 0 Å². The first-order valence-corrected chi connectivity index (χ1v) is 8.68. The molecule has 4 nitrogen and oxygen atoms in total. The lowest BCUT2D eigenvalue weighted by molar-refractivity contribution is 0.572. The zero-order valence-corrected chi connectivity index (χ0v) is 12.4. The molecule has 1 aliphatic carbocycles. The highest BCUT2D eigenvalue weighted by Gasteiger charge is 2.39. The second-order valence-electron chi connectivity index (χ2n) is 4.75. The van der Waals surface area contributed by atoms with Crippen molar-refractivity contribution in [2.45, 2.75) is 43.7 Å². The van der Waals surface area contributed by atoms with Crippen LogP contribution in [-0.4, -0.2) is 21.5 Å². The normalized spacial score (nSPS) is 23.2. The predicted molar refractivity (Wildman–Crippen MR) is 74.2 cm³/mol. The van der Waals surface area contributed by atoms with E-state index >= 15 is 0 Å². The third kappa shape index (κ3) is 3.12. The highest BCUT2D eigenvalue weighted by molar-refractivity contribution is 7.89. The summed E-state index contributed by atoms with van der Waals surface area (Å²) in [6.45, 7) is 2.73. The molecule has 6 heteroatoms. The van der Waals surface area contributed by atoms with Gasteiger partial charge in [0.25, 0.3) is 0 Å². The van der Waals surface area contributed by atoms with E-state index in [1.165, 1.54) is 11.3 Å². The molecule has 0 aliphatic heterocycles. The summed E-state index contributed by atoms with van der Waals surface area (Å²) in [4.78, 5) is 1.31. The topological polar surface area (TPSA) is 58.2 Å². The van der Waals surface area contributed by atoms with Crippen molar-refractivity contribution in [2.24, 2.45) is 5.92 Å². The van der Waals surface area contributed by atoms with Crippen molar-refractivity contribution in [3.8, 4) is 0 Å². The molecule has 0 aromatic carbocycles. The van der Waals surface area contributed by atoms with E-state index in [-0.39, 0.29) is 6.04 Å². The van der Waals surface area contributed by atoms with Crippen molar-refractivity contribution < 1.29 is 8.42 Å². The Morgan fingerprint density at radius 2 is 2.28 bits per heavy atom. The van der Waals surface area contributed by atoms with E-state index in [0.717, 1.165) is 24.1 Å². The Kier molecular flexibility index (Phi) is 4.42. The van der Waals surface area contributed by atoms with Crippen LogP contribution in [0.1, 0.15) is 31.1 Å². The summed E-state index contributed by atoms with van der Waals surface area (Å²) < 4.78 is 27.3. The van der Waals surface area contributed by atoms with E-state index in [9.17, 15) is 8.42 Å². The summed E-state index contributed by atoms with van der Waals surface area (Å²) in [7, 11) is -1.52. The van der Waals surface area contributed by atoms with Crippen LogP contribution in [0.5, 0.6) is 0 Å². The first-order chi connectivity index (χ1) is 8.58. The summed E-state index contributed by atoms with van der Waals surface area (Å²) in [6, 6.07) is 1.84. The van der Waals surface area contributed by atoms with Gasteiger partial charge in [-0.25, -0.2) is 13.1 Å². The third-order valence-electron chi connectivity index (χ3n) is 3.22. The Labute approximate surface area is 113 Å². The summed E-state index contributed by atoms with van der Waals surface area (Å²) in [5.74, 6) is 0.538. The second-order valence-corrected chi connectivity index (χ2v) is 7.43. The Balaban J connectivity index is 2.05. The van der Waals surface area contributed by atoms with E-state index in [4.69, 9.17) is 0 Å². The summed E-state index contributed by atoms with van der Waals surface area (Å²) in [6.07, 6.45) is 3.21. The van der Waals surface area contributed by atoms with E-state index in [1.807, 2.05) is 12.4 Å². The molecule has 2 atom stereocenters. The quantitative estimate of drug-likeness (QED) is 0.806. The summed E-state index contributed by atoms with van der Waals surface area (Å²) >= 11 is 1.48. The lowest BCUT2D eigenvalue weighted by atomic mass is 10.2. The lowest BCUT2D eigenvalue weighted by Crippen LogP contribution is -2.27. The molecule has 0 spiro atoms. The van der Waals surface area contributed by atoms with Crippen LogP contribution >= 0.6 is 11.3 Å². The predicted octanol–water partition coefficient (Wildman–Crippen LogP) is 1.93. The van der Waals surface area contributed by atoms with Crippen LogP contribution in [-0.2, 0) is 16.6 Å². The van der Waals surface area contributed by atoms with Crippen LogP contribution in [0.15, 0.2) is 16.3 Å². The molecule has 1 heterocycles. The Morgan fingerprint density at radius 1 is 1.50 bits per heavy atom. The molecule has 2 N–H and O–H groups in total. The number of sulfonamides is 1. The van der Waals surface area contributed by atoms with E-state index in [2.05, 4.69) is 17.0 Å². The number of rotatable bonds is 7. The third-order valence-corrected chi connectivity index (χ3v) is 5.84. The highest BCUT2D eigenvalue weighted by Crippen LogP contribution is 2.36. The molecular weight excluding hydrogens is 268 g/mol. The largest absolute Gasteiger partial charge is 0.315 e. The first-order valence-electron chi connectivity index (χ1n) is 6.31. The molecule has 18 heavy (non-hydrogen) atoms. The number of nitrogens with one attached hydrogen (secondary N) is 2. The maximum atomic E-state index is 12.3. The van der Waals surface area contributed by atoms with E-state index < -0.39 is 10.0 Å². The van der Waals surface area contributed by atoms with Gasteiger partial charge in [-0.2, -0.15) is 0 Å². The Hall–Kier alpha value is -0.430. The number of hydrogen-bond donors (Lipinski definition) is 2. The fourth-order valence-electron chi connectivity index (χ4n) is 2.20. The number of hydrogen-bond acceptors (Lipinski definition) is 4. The van der Waals surface area contributed by atoms with Crippen molar-refractivity contribution in [2.75, 3.05) is 7.05 Å². The average Bonchev–Trinajstić information content (AvgIpc) is 2.84. The fraction of sp³-hybridized carbons (Fsp3) is 0.667. The molecule has 0 saturated heterocycles. The van der Waals surface area contributed by atoms with Crippen molar-refractivity contribution in [1.29, 1.82) is 0 Å². The molecule has 1 fully saturated rings. The van der Waals surface area contributed by atoms with Crippen molar-refractivity contribution in [1.82, 2.24) is 10.0 Å². The minimum absolute atomic E-state index is 0.150. The maximum Gasteiger partial charge on any atom is 0.241 e.